The van der Waals surface area contributed by atoms with Gasteiger partial charge in [0.15, 0.2) is 0 Å². The molecule has 8 aromatic rings. The van der Waals surface area contributed by atoms with E-state index in [9.17, 15) is 5.11 Å². The number of nitrogens with zero attached hydrogens (tertiary/aromatic N) is 4. The zero-order chi connectivity index (χ0) is 39.6. The van der Waals surface area contributed by atoms with E-state index in [1.165, 1.54) is 16.7 Å². The van der Waals surface area contributed by atoms with Gasteiger partial charge in [-0.1, -0.05) is 141 Å². The number of phenolic OH excluding ortho intramolecular Hbond substituents is 1. The minimum atomic E-state index is -0.0987. The third kappa shape index (κ3) is 7.58. The average molecular weight is 929 g/mol. The molecule has 0 spiro atoms. The molecular formula is C51H49N4OPt-. The molecule has 0 unspecified atom stereocenters. The van der Waals surface area contributed by atoms with E-state index < -0.39 is 0 Å². The molecule has 0 aliphatic rings. The molecule has 8 rings (SSSR count). The summed E-state index contributed by atoms with van der Waals surface area (Å²) in [5.74, 6) is 0.936. The molecule has 0 saturated carbocycles. The van der Waals surface area contributed by atoms with E-state index in [0.717, 1.165) is 66.8 Å². The van der Waals surface area contributed by atoms with Gasteiger partial charge in [0.25, 0.3) is 0 Å². The summed E-state index contributed by atoms with van der Waals surface area (Å²) in [7, 11) is 0. The molecule has 1 N–H and O–H groups in total. The second-order valence-electron chi connectivity index (χ2n) is 17.9. The van der Waals surface area contributed by atoms with Crippen LogP contribution in [0.2, 0.25) is 0 Å². The van der Waals surface area contributed by atoms with Gasteiger partial charge in [0.2, 0.25) is 0 Å². The van der Waals surface area contributed by atoms with Crippen LogP contribution in [0.4, 0.5) is 0 Å². The summed E-state index contributed by atoms with van der Waals surface area (Å²) >= 11 is 0. The monoisotopic (exact) mass is 928 g/mol. The standard InChI is InChI=1S/C51H49N4O.Pt/c1-49(2,3)35-19-21-37(22-20-35)55-44-17-13-16-38(39-28-33(18-23-45(39)56)32-14-11-10-12-15-32)47(44)54-48(55)34-24-26-52-43(29-34)41-31-36(50(4,5)6)30-40-42(51(7,8)9)25-27-53-46(40)41;/h10-28,30-31,56H,1-9H3;/q-1;. The summed E-state index contributed by atoms with van der Waals surface area (Å²) in [4.78, 5) is 15.3. The van der Waals surface area contributed by atoms with Crippen LogP contribution in [0.15, 0.2) is 128 Å². The van der Waals surface area contributed by atoms with Crippen molar-refractivity contribution in [2.45, 2.75) is 78.6 Å². The number of fused-ring (bicyclic) bond motifs is 2. The van der Waals surface area contributed by atoms with Crippen LogP contribution in [0.1, 0.15) is 79.0 Å². The Morgan fingerprint density at radius 1 is 0.561 bits per heavy atom. The molecule has 0 bridgehead atoms. The molecule has 3 heterocycles. The van der Waals surface area contributed by atoms with Crippen LogP contribution in [-0.2, 0) is 37.3 Å². The van der Waals surface area contributed by atoms with Gasteiger partial charge >= 0.3 is 0 Å². The normalized spacial score (nSPS) is 12.2. The van der Waals surface area contributed by atoms with Crippen molar-refractivity contribution in [3.8, 4) is 56.3 Å². The fourth-order valence-electron chi connectivity index (χ4n) is 7.61. The van der Waals surface area contributed by atoms with Crippen LogP contribution in [0.3, 0.4) is 0 Å². The van der Waals surface area contributed by atoms with E-state index in [1.807, 2.05) is 54.9 Å². The third-order valence-corrected chi connectivity index (χ3v) is 10.8. The Morgan fingerprint density at radius 2 is 1.26 bits per heavy atom. The van der Waals surface area contributed by atoms with E-state index >= 15 is 0 Å². The number of hydrogen-bond donors (Lipinski definition) is 1. The van der Waals surface area contributed by atoms with Crippen molar-refractivity contribution >= 4 is 21.9 Å². The fraction of sp³-hybridized carbons (Fsp3) is 0.235. The molecule has 0 saturated heterocycles. The number of rotatable bonds is 5. The maximum absolute atomic E-state index is 11.4. The SMILES string of the molecule is CC(C)(C)c1ccc(-n2c(-c3[c-]c(-c4cc(C(C)(C)C)cc5c(C(C)(C)C)ccnc45)ncc3)nc3c(-c4cc(-c5ccccc5)ccc4O)cccc32)cc1.[Pt]. The largest absolute Gasteiger partial charge is 0.507 e. The van der Waals surface area contributed by atoms with Gasteiger partial charge in [0, 0.05) is 49.6 Å². The first-order valence-corrected chi connectivity index (χ1v) is 19.4. The van der Waals surface area contributed by atoms with E-state index in [2.05, 4.69) is 140 Å². The number of phenols is 1. The van der Waals surface area contributed by atoms with Crippen LogP contribution in [0.5, 0.6) is 5.75 Å². The van der Waals surface area contributed by atoms with Crippen LogP contribution < -0.4 is 0 Å². The second kappa shape index (κ2) is 14.8. The minimum absolute atomic E-state index is 0. The van der Waals surface area contributed by atoms with Gasteiger partial charge in [-0.3, -0.25) is 15.0 Å². The first kappa shape index (κ1) is 39.8. The Morgan fingerprint density at radius 3 is 1.95 bits per heavy atom. The maximum Gasteiger partial charge on any atom is 0.123 e. The summed E-state index contributed by atoms with van der Waals surface area (Å²) in [5, 5.41) is 12.5. The number of benzene rings is 5. The summed E-state index contributed by atoms with van der Waals surface area (Å²) in [5.41, 5.74) is 13.3. The number of aromatic hydroxyl groups is 1. The van der Waals surface area contributed by atoms with Crippen molar-refractivity contribution in [1.29, 1.82) is 0 Å². The summed E-state index contributed by atoms with van der Waals surface area (Å²) < 4.78 is 2.21. The summed E-state index contributed by atoms with van der Waals surface area (Å²) in [6.07, 6.45) is 3.77. The zero-order valence-electron chi connectivity index (χ0n) is 34.2. The molecule has 3 aromatic heterocycles. The van der Waals surface area contributed by atoms with Crippen molar-refractivity contribution in [3.63, 3.8) is 0 Å². The topological polar surface area (TPSA) is 63.8 Å². The van der Waals surface area contributed by atoms with E-state index in [1.54, 1.807) is 6.07 Å². The molecule has 5 aromatic carbocycles. The Balaban J connectivity index is 0.00000496. The first-order chi connectivity index (χ1) is 26.6. The minimum Gasteiger partial charge on any atom is -0.507 e. The number of pyridine rings is 2. The molecule has 57 heavy (non-hydrogen) atoms. The van der Waals surface area contributed by atoms with Gasteiger partial charge in [-0.05, 0) is 97.7 Å². The molecule has 0 fully saturated rings. The summed E-state index contributed by atoms with van der Waals surface area (Å²) in [6, 6.07) is 43.4. The predicted molar refractivity (Wildman–Crippen MR) is 233 cm³/mol. The molecule has 290 valence electrons. The van der Waals surface area contributed by atoms with Gasteiger partial charge in [-0.25, -0.2) is 0 Å². The van der Waals surface area contributed by atoms with E-state index in [0.29, 0.717) is 5.69 Å². The maximum atomic E-state index is 11.4. The summed E-state index contributed by atoms with van der Waals surface area (Å²) in [6.45, 7) is 20.2. The molecule has 5 nitrogen and oxygen atoms in total. The van der Waals surface area contributed by atoms with Crippen molar-refractivity contribution < 1.29 is 26.2 Å². The van der Waals surface area contributed by atoms with Crippen molar-refractivity contribution in [1.82, 2.24) is 19.5 Å². The third-order valence-electron chi connectivity index (χ3n) is 10.8. The number of para-hydroxylation sites is 1. The Kier molecular flexibility index (Phi) is 10.4. The first-order valence-electron chi connectivity index (χ1n) is 19.4. The number of aromatic nitrogens is 4. The quantitative estimate of drug-likeness (QED) is 0.175. The number of hydrogen-bond acceptors (Lipinski definition) is 4. The zero-order valence-corrected chi connectivity index (χ0v) is 36.4. The number of imidazole rings is 1. The Hall–Kier alpha value is -5.38. The van der Waals surface area contributed by atoms with Crippen LogP contribution in [0.25, 0.3) is 72.5 Å². The van der Waals surface area contributed by atoms with Crippen LogP contribution >= 0.6 is 0 Å². The molecule has 6 heteroatoms. The molecule has 0 atom stereocenters. The van der Waals surface area contributed by atoms with Crippen molar-refractivity contribution in [3.05, 3.63) is 150 Å². The van der Waals surface area contributed by atoms with Crippen LogP contribution in [0, 0.1) is 6.07 Å². The van der Waals surface area contributed by atoms with Crippen molar-refractivity contribution in [2.24, 2.45) is 0 Å². The molecule has 0 aliphatic heterocycles. The van der Waals surface area contributed by atoms with E-state index in [-0.39, 0.29) is 43.1 Å². The molecule has 0 amide bonds. The van der Waals surface area contributed by atoms with Gasteiger partial charge in [-0.2, -0.15) is 0 Å². The fourth-order valence-corrected chi connectivity index (χ4v) is 7.61. The average Bonchev–Trinajstić information content (AvgIpc) is 3.57. The van der Waals surface area contributed by atoms with Gasteiger partial charge < -0.3 is 9.67 Å². The van der Waals surface area contributed by atoms with Crippen LogP contribution in [-0.4, -0.2) is 24.6 Å². The van der Waals surface area contributed by atoms with E-state index in [4.69, 9.17) is 15.0 Å². The van der Waals surface area contributed by atoms with Gasteiger partial charge in [0.05, 0.1) is 16.9 Å². The smallest absolute Gasteiger partial charge is 0.123 e. The van der Waals surface area contributed by atoms with Crippen molar-refractivity contribution in [2.75, 3.05) is 0 Å². The molecule has 0 radical (unpaired) electrons. The second-order valence-corrected chi connectivity index (χ2v) is 17.9. The Bertz CT molecular complexity index is 2750. The van der Waals surface area contributed by atoms with Gasteiger partial charge in [-0.15, -0.1) is 17.7 Å². The Labute approximate surface area is 351 Å². The molecule has 0 aliphatic carbocycles. The van der Waals surface area contributed by atoms with Gasteiger partial charge in [0.1, 0.15) is 5.75 Å². The predicted octanol–water partition coefficient (Wildman–Crippen LogP) is 13.0. The molecular weight excluding hydrogens is 880 g/mol.